The molecule has 1 aromatic carbocycles. The Bertz CT molecular complexity index is 1310. The van der Waals surface area contributed by atoms with Crippen molar-refractivity contribution in [3.63, 3.8) is 0 Å². The number of amides is 1. The lowest BCUT2D eigenvalue weighted by Crippen LogP contribution is -2.29. The predicted molar refractivity (Wildman–Crippen MR) is 151 cm³/mol. The lowest BCUT2D eigenvalue weighted by atomic mass is 10.1. The number of unbranched alkanes of at least 4 members (excludes halogenated alkanes) is 3. The zero-order chi connectivity index (χ0) is 27.2. The van der Waals surface area contributed by atoms with Gasteiger partial charge in [-0.05, 0) is 69.6 Å². The first-order valence-corrected chi connectivity index (χ1v) is 12.9. The minimum atomic E-state index is -0.159. The number of carbonyl (C=O) groups is 1. The third kappa shape index (κ3) is 8.71. The van der Waals surface area contributed by atoms with Gasteiger partial charge in [-0.3, -0.25) is 24.9 Å². The number of benzene rings is 1. The van der Waals surface area contributed by atoms with E-state index >= 15 is 0 Å². The van der Waals surface area contributed by atoms with Gasteiger partial charge in [0.25, 0.3) is 11.5 Å². The Labute approximate surface area is 223 Å². The van der Waals surface area contributed by atoms with Gasteiger partial charge < -0.3 is 20.1 Å². The van der Waals surface area contributed by atoms with Crippen LogP contribution in [0.25, 0.3) is 10.9 Å². The highest BCUT2D eigenvalue weighted by molar-refractivity contribution is 6.05. The maximum atomic E-state index is 12.9. The van der Waals surface area contributed by atoms with Crippen molar-refractivity contribution in [3.8, 4) is 6.19 Å². The first kappa shape index (κ1) is 28.3. The molecule has 2 aromatic heterocycles. The maximum absolute atomic E-state index is 12.9. The minimum Gasteiger partial charge on any atom is -0.352 e. The van der Waals surface area contributed by atoms with Crippen molar-refractivity contribution in [2.75, 3.05) is 39.0 Å². The van der Waals surface area contributed by atoms with E-state index in [1.54, 1.807) is 47.3 Å². The fourth-order valence-corrected chi connectivity index (χ4v) is 4.12. The van der Waals surface area contributed by atoms with Crippen LogP contribution in [0.15, 0.2) is 64.6 Å². The number of hydrogen-bond acceptors (Lipinski definition) is 6. The number of carbonyl (C=O) groups excluding carboxylic acids is 1. The number of hydrogen-bond donors (Lipinski definition) is 3. The van der Waals surface area contributed by atoms with E-state index < -0.39 is 0 Å². The standard InChI is InChI=1S/C28H36N8O2/c1-35(2)19-8-16-31-27(38)24-10-7-9-22-11-12-25(37)36(26(22)24)20-6-4-3-5-15-32-28(33-21-29)34-23-13-17-30-18-14-23/h7,9-14,17-18H,3-6,8,15-16,19-20H2,1-2H3,(H,31,38)(H2,30,32,33,34). The molecule has 0 aliphatic carbocycles. The van der Waals surface area contributed by atoms with Gasteiger partial charge in [0.1, 0.15) is 0 Å². The number of aliphatic imine (C=N–C) groups is 1. The quantitative estimate of drug-likeness (QED) is 0.105. The Balaban J connectivity index is 1.55. The molecular weight excluding hydrogens is 480 g/mol. The van der Waals surface area contributed by atoms with Crippen LogP contribution in [0.4, 0.5) is 5.69 Å². The van der Waals surface area contributed by atoms with Gasteiger partial charge in [0.2, 0.25) is 5.96 Å². The zero-order valence-corrected chi connectivity index (χ0v) is 22.1. The zero-order valence-electron chi connectivity index (χ0n) is 22.1. The average molecular weight is 517 g/mol. The lowest BCUT2D eigenvalue weighted by molar-refractivity contribution is 0.0953. The van der Waals surface area contributed by atoms with Gasteiger partial charge >= 0.3 is 0 Å². The molecule has 10 heteroatoms. The van der Waals surface area contributed by atoms with Crippen LogP contribution in [0.1, 0.15) is 42.5 Å². The van der Waals surface area contributed by atoms with Crippen LogP contribution < -0.4 is 21.5 Å². The third-order valence-electron chi connectivity index (χ3n) is 6.00. The SMILES string of the molecule is CN(C)CCCNC(=O)c1cccc2ccc(=O)n(CCCCCCN=C(NC#N)Nc3ccncc3)c12. The van der Waals surface area contributed by atoms with Crippen LogP contribution >= 0.6 is 0 Å². The van der Waals surface area contributed by atoms with Crippen molar-refractivity contribution < 1.29 is 4.79 Å². The highest BCUT2D eigenvalue weighted by Crippen LogP contribution is 2.18. The van der Waals surface area contributed by atoms with Gasteiger partial charge in [-0.25, -0.2) is 0 Å². The molecule has 10 nitrogen and oxygen atoms in total. The number of aryl methyl sites for hydroxylation is 1. The smallest absolute Gasteiger partial charge is 0.253 e. The number of aromatic nitrogens is 2. The number of fused-ring (bicyclic) bond motifs is 1. The number of anilines is 1. The van der Waals surface area contributed by atoms with E-state index in [9.17, 15) is 9.59 Å². The van der Waals surface area contributed by atoms with Crippen molar-refractivity contribution >= 4 is 28.5 Å². The van der Waals surface area contributed by atoms with E-state index in [1.165, 1.54) is 0 Å². The van der Waals surface area contributed by atoms with Crippen molar-refractivity contribution in [2.45, 2.75) is 38.6 Å². The van der Waals surface area contributed by atoms with Crippen molar-refractivity contribution in [1.82, 2.24) is 25.1 Å². The molecule has 0 saturated heterocycles. The van der Waals surface area contributed by atoms with Crippen molar-refractivity contribution in [2.24, 2.45) is 4.99 Å². The number of guanidine groups is 1. The molecule has 3 aromatic rings. The lowest BCUT2D eigenvalue weighted by Gasteiger charge is -2.15. The molecule has 3 N–H and O–H groups in total. The highest BCUT2D eigenvalue weighted by atomic mass is 16.1. The second kappa shape index (κ2) is 15.1. The van der Waals surface area contributed by atoms with E-state index in [0.29, 0.717) is 36.7 Å². The van der Waals surface area contributed by atoms with E-state index in [0.717, 1.165) is 49.7 Å². The first-order valence-electron chi connectivity index (χ1n) is 12.9. The highest BCUT2D eigenvalue weighted by Gasteiger charge is 2.14. The molecule has 1 amide bonds. The molecule has 200 valence electrons. The Morgan fingerprint density at radius 1 is 1.05 bits per heavy atom. The summed E-state index contributed by atoms with van der Waals surface area (Å²) in [5.41, 5.74) is 1.90. The number of para-hydroxylation sites is 1. The van der Waals surface area contributed by atoms with Crippen LogP contribution in [0.3, 0.4) is 0 Å². The van der Waals surface area contributed by atoms with E-state index in [-0.39, 0.29) is 11.5 Å². The Hall–Kier alpha value is -4.23. The first-order chi connectivity index (χ1) is 18.5. The summed E-state index contributed by atoms with van der Waals surface area (Å²) in [6.45, 7) is 2.57. The molecule has 0 spiro atoms. The number of nitriles is 1. The van der Waals surface area contributed by atoms with Crippen LogP contribution in [0, 0.1) is 11.5 Å². The molecule has 0 unspecified atom stereocenters. The molecule has 0 aliphatic rings. The number of pyridine rings is 2. The summed E-state index contributed by atoms with van der Waals surface area (Å²) in [4.78, 5) is 36.2. The molecule has 0 atom stereocenters. The normalized spacial score (nSPS) is 11.4. The van der Waals surface area contributed by atoms with Gasteiger partial charge in [-0.15, -0.1) is 0 Å². The Morgan fingerprint density at radius 3 is 2.61 bits per heavy atom. The fraction of sp³-hybridized carbons (Fsp3) is 0.393. The van der Waals surface area contributed by atoms with Crippen LogP contribution in [0.2, 0.25) is 0 Å². The molecule has 2 heterocycles. The topological polar surface area (TPSA) is 127 Å². The molecular formula is C28H36N8O2. The van der Waals surface area contributed by atoms with Gasteiger partial charge in [0.05, 0.1) is 11.1 Å². The number of nitrogens with zero attached hydrogens (tertiary/aromatic N) is 5. The molecule has 0 bridgehead atoms. The van der Waals surface area contributed by atoms with E-state index in [1.807, 2.05) is 32.4 Å². The Morgan fingerprint density at radius 2 is 1.84 bits per heavy atom. The summed E-state index contributed by atoms with van der Waals surface area (Å²) in [6.07, 6.45) is 9.57. The summed E-state index contributed by atoms with van der Waals surface area (Å²) < 4.78 is 1.72. The van der Waals surface area contributed by atoms with Gasteiger partial charge in [0, 0.05) is 43.8 Å². The largest absolute Gasteiger partial charge is 0.352 e. The van der Waals surface area contributed by atoms with Gasteiger partial charge in [-0.1, -0.05) is 25.0 Å². The van der Waals surface area contributed by atoms with Gasteiger partial charge in [-0.2, -0.15) is 5.26 Å². The number of nitrogens with one attached hydrogen (secondary N) is 3. The molecule has 0 fully saturated rings. The van der Waals surface area contributed by atoms with E-state index in [2.05, 4.69) is 30.8 Å². The summed E-state index contributed by atoms with van der Waals surface area (Å²) in [6, 6.07) is 12.5. The van der Waals surface area contributed by atoms with Crippen LogP contribution in [-0.4, -0.2) is 60.0 Å². The number of rotatable bonds is 13. The second-order valence-electron chi connectivity index (χ2n) is 9.22. The van der Waals surface area contributed by atoms with Crippen molar-refractivity contribution in [1.29, 1.82) is 5.26 Å². The summed E-state index contributed by atoms with van der Waals surface area (Å²) in [7, 11) is 4.01. The predicted octanol–water partition coefficient (Wildman–Crippen LogP) is 3.18. The van der Waals surface area contributed by atoms with Gasteiger partial charge in [0.15, 0.2) is 6.19 Å². The molecule has 0 saturated carbocycles. The van der Waals surface area contributed by atoms with Crippen molar-refractivity contribution in [3.05, 3.63) is 70.8 Å². The summed E-state index contributed by atoms with van der Waals surface area (Å²) in [5.74, 6) is 0.238. The molecule has 0 aliphatic heterocycles. The molecule has 0 radical (unpaired) electrons. The molecule has 38 heavy (non-hydrogen) atoms. The fourth-order valence-electron chi connectivity index (χ4n) is 4.12. The Kier molecular flexibility index (Phi) is 11.3. The summed E-state index contributed by atoms with van der Waals surface area (Å²) >= 11 is 0. The second-order valence-corrected chi connectivity index (χ2v) is 9.22. The van der Waals surface area contributed by atoms with Crippen LogP contribution in [0.5, 0.6) is 0 Å². The monoisotopic (exact) mass is 516 g/mol. The maximum Gasteiger partial charge on any atom is 0.253 e. The molecule has 3 rings (SSSR count). The van der Waals surface area contributed by atoms with Crippen LogP contribution in [-0.2, 0) is 6.54 Å². The van der Waals surface area contributed by atoms with E-state index in [4.69, 9.17) is 5.26 Å². The third-order valence-corrected chi connectivity index (χ3v) is 6.00. The average Bonchev–Trinajstić information content (AvgIpc) is 2.91. The summed E-state index contributed by atoms with van der Waals surface area (Å²) in [5, 5.41) is 18.5. The minimum absolute atomic E-state index is 0.107.